The average molecular weight is 488 g/mol. The fourth-order valence-electron chi connectivity index (χ4n) is 4.17. The largest absolute Gasteiger partial charge is 0.478 e. The van der Waals surface area contributed by atoms with E-state index in [1.54, 1.807) is 17.1 Å². The van der Waals surface area contributed by atoms with Crippen LogP contribution in [0.3, 0.4) is 0 Å². The topological polar surface area (TPSA) is 94.5 Å². The Kier molecular flexibility index (Phi) is 6.24. The van der Waals surface area contributed by atoms with Crippen molar-refractivity contribution in [2.45, 2.75) is 19.9 Å². The second kappa shape index (κ2) is 9.65. The van der Waals surface area contributed by atoms with E-state index >= 15 is 0 Å². The number of nitrogens with one attached hydrogen (secondary N) is 1. The van der Waals surface area contributed by atoms with Gasteiger partial charge in [-0.3, -0.25) is 14.8 Å². The highest BCUT2D eigenvalue weighted by Gasteiger charge is 2.21. The van der Waals surface area contributed by atoms with E-state index in [9.17, 15) is 8.78 Å². The third-order valence-electron chi connectivity index (χ3n) is 5.71. The van der Waals surface area contributed by atoms with E-state index in [4.69, 9.17) is 10.1 Å². The molecule has 5 aromatic rings. The Balaban J connectivity index is 1.75. The number of halogens is 2. The summed E-state index contributed by atoms with van der Waals surface area (Å²) in [4.78, 5) is 9.00. The molecule has 0 bridgehead atoms. The van der Waals surface area contributed by atoms with Gasteiger partial charge in [-0.25, -0.2) is 18.7 Å². The smallest absolute Gasteiger partial charge is 0.257 e. The van der Waals surface area contributed by atoms with Crippen LogP contribution in [0.15, 0.2) is 67.4 Å². The Labute approximate surface area is 205 Å². The molecule has 3 heterocycles. The molecule has 0 aliphatic rings. The van der Waals surface area contributed by atoms with Crippen LogP contribution in [0.2, 0.25) is 0 Å². The van der Waals surface area contributed by atoms with Gasteiger partial charge in [-0.1, -0.05) is 30.3 Å². The molecule has 0 atom stereocenters. The lowest BCUT2D eigenvalue weighted by Crippen LogP contribution is -2.07. The van der Waals surface area contributed by atoms with Crippen molar-refractivity contribution in [3.63, 3.8) is 0 Å². The first-order chi connectivity index (χ1) is 17.4. The first-order valence-corrected chi connectivity index (χ1v) is 11.4. The van der Waals surface area contributed by atoms with Gasteiger partial charge in [0.2, 0.25) is 5.90 Å². The zero-order valence-electron chi connectivity index (χ0n) is 19.7. The fraction of sp³-hybridized carbons (Fsp3) is 0.192. The van der Waals surface area contributed by atoms with Gasteiger partial charge in [0, 0.05) is 47.1 Å². The zero-order chi connectivity index (χ0) is 25.2. The highest BCUT2D eigenvalue weighted by atomic mass is 19.3. The number of hydrogen-bond donors (Lipinski definition) is 1. The van der Waals surface area contributed by atoms with Crippen LogP contribution < -0.4 is 0 Å². The Morgan fingerprint density at radius 1 is 1.03 bits per heavy atom. The Bertz CT molecular complexity index is 1540. The summed E-state index contributed by atoms with van der Waals surface area (Å²) < 4.78 is 34.9. The number of fused-ring (bicyclic) bond motifs is 1. The molecule has 0 aliphatic heterocycles. The summed E-state index contributed by atoms with van der Waals surface area (Å²) in [6.07, 6.45) is 4.04. The molecular formula is C26H23F2N7O. The lowest BCUT2D eigenvalue weighted by Gasteiger charge is -2.13. The average Bonchev–Trinajstić information content (AvgIpc) is 3.49. The number of aromatic nitrogens is 6. The zero-order valence-corrected chi connectivity index (χ0v) is 19.7. The third kappa shape index (κ3) is 4.45. The van der Waals surface area contributed by atoms with Gasteiger partial charge in [0.25, 0.3) is 6.43 Å². The lowest BCUT2D eigenvalue weighted by atomic mass is 9.96. The molecule has 0 radical (unpaired) electrons. The maximum absolute atomic E-state index is 13.2. The summed E-state index contributed by atoms with van der Waals surface area (Å²) in [6, 6.07) is 13.0. The number of nitrogens with zero attached hydrogens (tertiary/aromatic N) is 6. The monoisotopic (exact) mass is 487 g/mol. The van der Waals surface area contributed by atoms with Crippen LogP contribution in [0.4, 0.5) is 8.78 Å². The van der Waals surface area contributed by atoms with Gasteiger partial charge >= 0.3 is 0 Å². The minimum absolute atomic E-state index is 0.00438. The minimum Gasteiger partial charge on any atom is -0.478 e. The van der Waals surface area contributed by atoms with Crippen molar-refractivity contribution in [2.24, 2.45) is 7.05 Å². The Hall–Kier alpha value is -4.47. The van der Waals surface area contributed by atoms with Gasteiger partial charge < -0.3 is 4.74 Å². The van der Waals surface area contributed by atoms with Gasteiger partial charge in [0.05, 0.1) is 24.0 Å². The summed E-state index contributed by atoms with van der Waals surface area (Å²) in [5, 5.41) is 17.9. The second-order valence-electron chi connectivity index (χ2n) is 8.17. The quantitative estimate of drug-likeness (QED) is 0.252. The molecule has 10 heteroatoms. The molecular weight excluding hydrogens is 464 g/mol. The van der Waals surface area contributed by atoms with Crippen LogP contribution in [-0.4, -0.2) is 48.5 Å². The molecule has 36 heavy (non-hydrogen) atoms. The van der Waals surface area contributed by atoms with Crippen molar-refractivity contribution in [3.05, 3.63) is 72.9 Å². The van der Waals surface area contributed by atoms with E-state index in [2.05, 4.69) is 20.2 Å². The van der Waals surface area contributed by atoms with E-state index in [0.29, 0.717) is 40.0 Å². The number of aryl methyl sites for hydroxylation is 1. The second-order valence-corrected chi connectivity index (χ2v) is 8.17. The van der Waals surface area contributed by atoms with Crippen LogP contribution in [0.5, 0.6) is 0 Å². The summed E-state index contributed by atoms with van der Waals surface area (Å²) >= 11 is 0. The number of rotatable bonds is 7. The molecule has 0 saturated carbocycles. The normalized spacial score (nSPS) is 11.4. The van der Waals surface area contributed by atoms with Crippen molar-refractivity contribution < 1.29 is 13.5 Å². The van der Waals surface area contributed by atoms with Crippen molar-refractivity contribution in [3.8, 4) is 33.6 Å². The molecule has 0 aliphatic carbocycles. The van der Waals surface area contributed by atoms with Gasteiger partial charge in [-0.15, -0.1) is 0 Å². The van der Waals surface area contributed by atoms with Gasteiger partial charge in [-0.05, 0) is 24.6 Å². The van der Waals surface area contributed by atoms with Crippen LogP contribution in [0, 0.1) is 5.41 Å². The van der Waals surface area contributed by atoms with Gasteiger partial charge in [0.15, 0.2) is 0 Å². The molecule has 2 aromatic carbocycles. The molecule has 3 aromatic heterocycles. The SMILES string of the molecule is CCOC(=N)c1cc2c(-c3cn(CC(F)F)nc3-c3ccccc3)ncnc2cc1-c1cnn(C)c1. The predicted molar refractivity (Wildman–Crippen MR) is 133 cm³/mol. The molecule has 8 nitrogen and oxygen atoms in total. The van der Waals surface area contributed by atoms with E-state index < -0.39 is 13.0 Å². The molecule has 1 N–H and O–H groups in total. The fourth-order valence-corrected chi connectivity index (χ4v) is 4.17. The van der Waals surface area contributed by atoms with Gasteiger partial charge in [0.1, 0.15) is 18.6 Å². The molecule has 0 fully saturated rings. The lowest BCUT2D eigenvalue weighted by molar-refractivity contribution is 0.122. The third-order valence-corrected chi connectivity index (χ3v) is 5.71. The number of hydrogen-bond acceptors (Lipinski definition) is 6. The predicted octanol–water partition coefficient (Wildman–Crippen LogP) is 5.19. The minimum atomic E-state index is -2.55. The van der Waals surface area contributed by atoms with Crippen LogP contribution in [0.1, 0.15) is 12.5 Å². The maximum Gasteiger partial charge on any atom is 0.257 e. The molecule has 0 saturated heterocycles. The van der Waals surface area contributed by atoms with E-state index in [0.717, 1.165) is 16.7 Å². The molecule has 0 amide bonds. The number of alkyl halides is 2. The first-order valence-electron chi connectivity index (χ1n) is 11.4. The molecule has 0 spiro atoms. The van der Waals surface area contributed by atoms with Crippen LogP contribution in [-0.2, 0) is 18.3 Å². The molecule has 182 valence electrons. The summed E-state index contributed by atoms with van der Waals surface area (Å²) in [5.41, 5.74) is 5.18. The van der Waals surface area contributed by atoms with Crippen LogP contribution >= 0.6 is 0 Å². The summed E-state index contributed by atoms with van der Waals surface area (Å²) in [7, 11) is 1.82. The highest BCUT2D eigenvalue weighted by molar-refractivity contribution is 6.06. The summed E-state index contributed by atoms with van der Waals surface area (Å²) in [5.74, 6) is 0.00438. The van der Waals surface area contributed by atoms with Crippen molar-refractivity contribution >= 4 is 16.8 Å². The molecule has 5 rings (SSSR count). The maximum atomic E-state index is 13.2. The number of ether oxygens (including phenoxy) is 1. The van der Waals surface area contributed by atoms with E-state index in [1.165, 1.54) is 11.0 Å². The van der Waals surface area contributed by atoms with Crippen molar-refractivity contribution in [1.82, 2.24) is 29.5 Å². The van der Waals surface area contributed by atoms with Crippen LogP contribution in [0.25, 0.3) is 44.5 Å². The highest BCUT2D eigenvalue weighted by Crippen LogP contribution is 2.36. The molecule has 0 unspecified atom stereocenters. The Morgan fingerprint density at radius 3 is 2.53 bits per heavy atom. The first kappa shape index (κ1) is 23.3. The Morgan fingerprint density at radius 2 is 1.83 bits per heavy atom. The van der Waals surface area contributed by atoms with E-state index in [-0.39, 0.29) is 5.90 Å². The number of benzene rings is 2. The van der Waals surface area contributed by atoms with Crippen molar-refractivity contribution in [1.29, 1.82) is 5.41 Å². The van der Waals surface area contributed by atoms with E-state index in [1.807, 2.05) is 62.6 Å². The van der Waals surface area contributed by atoms with Crippen molar-refractivity contribution in [2.75, 3.05) is 6.61 Å². The van der Waals surface area contributed by atoms with Gasteiger partial charge in [-0.2, -0.15) is 10.2 Å². The standard InChI is InChI=1S/C26H23F2N7O/c1-3-36-26(29)19-9-20-22(10-18(19)17-11-32-34(2)12-17)30-15-31-25(20)21-13-35(14-23(27)28)33-24(21)16-7-5-4-6-8-16/h4-13,15,23,29H,3,14H2,1-2H3. The summed E-state index contributed by atoms with van der Waals surface area (Å²) in [6.45, 7) is 1.62.